The van der Waals surface area contributed by atoms with Crippen molar-refractivity contribution in [3.63, 3.8) is 0 Å². The Morgan fingerprint density at radius 2 is 2.28 bits per heavy atom. The van der Waals surface area contributed by atoms with Gasteiger partial charge in [0.05, 0.1) is 18.8 Å². The molecule has 6 nitrogen and oxygen atoms in total. The fourth-order valence-corrected chi connectivity index (χ4v) is 3.55. The number of nitrogens with zero attached hydrogens (tertiary/aromatic N) is 3. The third-order valence-electron chi connectivity index (χ3n) is 4.71. The number of aryl methyl sites for hydroxylation is 1. The third-order valence-corrected chi connectivity index (χ3v) is 4.71. The molecule has 2 heterocycles. The van der Waals surface area contributed by atoms with Crippen LogP contribution in [0.25, 0.3) is 6.08 Å². The second-order valence-electron chi connectivity index (χ2n) is 6.72. The first-order valence-corrected chi connectivity index (χ1v) is 8.65. The fraction of sp³-hybridized carbons (Fsp3) is 0.579. The summed E-state index contributed by atoms with van der Waals surface area (Å²) in [5.74, 6) is -0.309. The number of hydrogen-bond donors (Lipinski definition) is 1. The van der Waals surface area contributed by atoms with E-state index < -0.39 is 6.10 Å². The molecule has 1 amide bonds. The third kappa shape index (κ3) is 4.30. The van der Waals surface area contributed by atoms with Gasteiger partial charge in [0.25, 0.3) is 5.91 Å². The van der Waals surface area contributed by atoms with E-state index in [1.807, 2.05) is 26.0 Å². The Labute approximate surface area is 149 Å². The second kappa shape index (κ2) is 8.32. The van der Waals surface area contributed by atoms with Crippen LogP contribution in [0.4, 0.5) is 0 Å². The summed E-state index contributed by atoms with van der Waals surface area (Å²) < 4.78 is 7.39. The number of aliphatic hydroxyl groups is 1. The Morgan fingerprint density at radius 1 is 1.56 bits per heavy atom. The van der Waals surface area contributed by atoms with E-state index in [4.69, 9.17) is 4.74 Å². The predicted molar refractivity (Wildman–Crippen MR) is 95.9 cm³/mol. The lowest BCUT2D eigenvalue weighted by molar-refractivity contribution is -0.129. The van der Waals surface area contributed by atoms with Crippen LogP contribution >= 0.6 is 0 Å². The maximum absolute atomic E-state index is 12.6. The summed E-state index contributed by atoms with van der Waals surface area (Å²) in [5, 5.41) is 19.2. The smallest absolute Gasteiger partial charge is 0.264 e. The highest BCUT2D eigenvalue weighted by atomic mass is 16.5. The number of hydrogen-bond acceptors (Lipinski definition) is 4. The van der Waals surface area contributed by atoms with Crippen molar-refractivity contribution in [3.8, 4) is 6.07 Å². The van der Waals surface area contributed by atoms with Crippen LogP contribution in [0.5, 0.6) is 0 Å². The van der Waals surface area contributed by atoms with Gasteiger partial charge in [-0.25, -0.2) is 0 Å². The van der Waals surface area contributed by atoms with Crippen LogP contribution in [-0.4, -0.2) is 53.4 Å². The zero-order valence-corrected chi connectivity index (χ0v) is 15.5. The Balaban J connectivity index is 2.29. The number of β-amino-alcohol motifs (C(OH)–C–C–N with tert-alkyl or cyclic N) is 1. The molecule has 2 atom stereocenters. The van der Waals surface area contributed by atoms with Crippen molar-refractivity contribution >= 4 is 12.0 Å². The van der Waals surface area contributed by atoms with Crippen LogP contribution in [0.15, 0.2) is 11.6 Å². The zero-order valence-electron chi connectivity index (χ0n) is 15.5. The van der Waals surface area contributed by atoms with Crippen molar-refractivity contribution in [2.75, 3.05) is 26.8 Å². The Kier molecular flexibility index (Phi) is 6.40. The standard InChI is InChI=1S/C19H27N3O3/c1-13-8-16(15(3)22(13)14(2)12-25-4)9-17(10-20)19(24)21-7-5-6-18(23)11-21/h8-9,14,18,23H,5-7,11-12H2,1-4H3. The van der Waals surface area contributed by atoms with E-state index in [0.29, 0.717) is 26.1 Å². The lowest BCUT2D eigenvalue weighted by atomic mass is 10.1. The summed E-state index contributed by atoms with van der Waals surface area (Å²) in [6.07, 6.45) is 2.61. The van der Waals surface area contributed by atoms with E-state index in [0.717, 1.165) is 23.4 Å². The molecule has 6 heteroatoms. The minimum Gasteiger partial charge on any atom is -0.391 e. The van der Waals surface area contributed by atoms with Gasteiger partial charge in [-0.15, -0.1) is 0 Å². The van der Waals surface area contributed by atoms with Crippen LogP contribution in [0.3, 0.4) is 0 Å². The first-order valence-electron chi connectivity index (χ1n) is 8.65. The molecule has 2 rings (SSSR count). The molecule has 0 aliphatic carbocycles. The minimum atomic E-state index is -0.502. The number of carbonyl (C=O) groups is 1. The van der Waals surface area contributed by atoms with E-state index in [1.165, 1.54) is 0 Å². The number of piperidine rings is 1. The fourth-order valence-electron chi connectivity index (χ4n) is 3.55. The SMILES string of the molecule is COCC(C)n1c(C)cc(C=C(C#N)C(=O)N2CCCC(O)C2)c1C. The van der Waals surface area contributed by atoms with Crippen molar-refractivity contribution in [3.05, 3.63) is 28.6 Å². The second-order valence-corrected chi connectivity index (χ2v) is 6.72. The van der Waals surface area contributed by atoms with Gasteiger partial charge in [0.1, 0.15) is 11.6 Å². The van der Waals surface area contributed by atoms with Crippen molar-refractivity contribution in [2.45, 2.75) is 45.8 Å². The van der Waals surface area contributed by atoms with Crippen molar-refractivity contribution in [1.82, 2.24) is 9.47 Å². The van der Waals surface area contributed by atoms with E-state index in [-0.39, 0.29) is 17.5 Å². The summed E-state index contributed by atoms with van der Waals surface area (Å²) in [6.45, 7) is 7.53. The summed E-state index contributed by atoms with van der Waals surface area (Å²) in [5.41, 5.74) is 3.03. The van der Waals surface area contributed by atoms with Crippen molar-refractivity contribution in [2.24, 2.45) is 0 Å². The highest BCUT2D eigenvalue weighted by Gasteiger charge is 2.25. The monoisotopic (exact) mass is 345 g/mol. The molecule has 0 radical (unpaired) electrons. The van der Waals surface area contributed by atoms with Gasteiger partial charge < -0.3 is 19.3 Å². The highest BCUT2D eigenvalue weighted by Crippen LogP contribution is 2.23. The summed E-state index contributed by atoms with van der Waals surface area (Å²) >= 11 is 0. The van der Waals surface area contributed by atoms with Crippen LogP contribution in [-0.2, 0) is 9.53 Å². The van der Waals surface area contributed by atoms with Crippen LogP contribution in [0.2, 0.25) is 0 Å². The number of methoxy groups -OCH3 is 1. The molecule has 1 aliphatic rings. The molecule has 0 spiro atoms. The number of aliphatic hydroxyl groups excluding tert-OH is 1. The molecular formula is C19H27N3O3. The van der Waals surface area contributed by atoms with Gasteiger partial charge in [-0.05, 0) is 51.3 Å². The number of ether oxygens (including phenoxy) is 1. The lowest BCUT2D eigenvalue weighted by Gasteiger charge is -2.29. The van der Waals surface area contributed by atoms with Gasteiger partial charge in [0.2, 0.25) is 0 Å². The van der Waals surface area contributed by atoms with E-state index in [1.54, 1.807) is 18.1 Å². The number of rotatable bonds is 5. The first-order chi connectivity index (χ1) is 11.9. The molecule has 1 aromatic rings. The van der Waals surface area contributed by atoms with Crippen LogP contribution in [0.1, 0.15) is 42.8 Å². The molecule has 1 aliphatic heterocycles. The van der Waals surface area contributed by atoms with Gasteiger partial charge in [0, 0.05) is 31.6 Å². The Morgan fingerprint density at radius 3 is 2.88 bits per heavy atom. The lowest BCUT2D eigenvalue weighted by Crippen LogP contribution is -2.42. The van der Waals surface area contributed by atoms with Crippen LogP contribution in [0, 0.1) is 25.2 Å². The normalized spacial score (nSPS) is 19.6. The molecule has 0 bridgehead atoms. The predicted octanol–water partition coefficient (Wildman–Crippen LogP) is 2.20. The van der Waals surface area contributed by atoms with Crippen molar-refractivity contribution < 1.29 is 14.6 Å². The van der Waals surface area contributed by atoms with E-state index in [2.05, 4.69) is 11.5 Å². The molecule has 0 saturated carbocycles. The van der Waals surface area contributed by atoms with E-state index in [9.17, 15) is 15.2 Å². The average Bonchev–Trinajstić information content (AvgIpc) is 2.86. The number of likely N-dealkylation sites (tertiary alicyclic amines) is 1. The maximum Gasteiger partial charge on any atom is 0.264 e. The molecule has 136 valence electrons. The largest absolute Gasteiger partial charge is 0.391 e. The van der Waals surface area contributed by atoms with Gasteiger partial charge >= 0.3 is 0 Å². The maximum atomic E-state index is 12.6. The molecule has 2 unspecified atom stereocenters. The summed E-state index contributed by atoms with van der Waals surface area (Å²) in [7, 11) is 1.67. The highest BCUT2D eigenvalue weighted by molar-refractivity contribution is 6.01. The van der Waals surface area contributed by atoms with Crippen LogP contribution < -0.4 is 0 Å². The molecule has 1 fully saturated rings. The molecule has 1 N–H and O–H groups in total. The average molecular weight is 345 g/mol. The first kappa shape index (κ1) is 19.2. The van der Waals surface area contributed by atoms with Gasteiger partial charge in [-0.1, -0.05) is 0 Å². The quantitative estimate of drug-likeness (QED) is 0.655. The number of aromatic nitrogens is 1. The van der Waals surface area contributed by atoms with Gasteiger partial charge in [-0.2, -0.15) is 5.26 Å². The summed E-state index contributed by atoms with van der Waals surface area (Å²) in [6, 6.07) is 4.18. The molecule has 0 aromatic carbocycles. The Bertz CT molecular complexity index is 700. The number of amides is 1. The topological polar surface area (TPSA) is 78.5 Å². The summed E-state index contributed by atoms with van der Waals surface area (Å²) in [4.78, 5) is 14.2. The number of carbonyl (C=O) groups excluding carboxylic acids is 1. The molecule has 25 heavy (non-hydrogen) atoms. The minimum absolute atomic E-state index is 0.105. The molecular weight excluding hydrogens is 318 g/mol. The molecule has 1 aromatic heterocycles. The van der Waals surface area contributed by atoms with Gasteiger partial charge in [0.15, 0.2) is 0 Å². The van der Waals surface area contributed by atoms with Gasteiger partial charge in [-0.3, -0.25) is 4.79 Å². The van der Waals surface area contributed by atoms with Crippen molar-refractivity contribution in [1.29, 1.82) is 5.26 Å². The number of nitriles is 1. The molecule has 1 saturated heterocycles. The zero-order chi connectivity index (χ0) is 18.6. The van der Waals surface area contributed by atoms with E-state index >= 15 is 0 Å². The Hall–Kier alpha value is -2.10.